The summed E-state index contributed by atoms with van der Waals surface area (Å²) >= 11 is 0. The van der Waals surface area contributed by atoms with E-state index in [2.05, 4.69) is 17.0 Å². The van der Waals surface area contributed by atoms with Gasteiger partial charge in [0.2, 0.25) is 5.91 Å². The fourth-order valence-electron chi connectivity index (χ4n) is 4.05. The molecule has 2 aromatic carbocycles. The molecule has 8 heteroatoms. The number of unbranched alkanes of at least 4 members (excludes halogenated alkanes) is 1. The third-order valence-corrected chi connectivity index (χ3v) is 7.52. The van der Waals surface area contributed by atoms with Crippen LogP contribution >= 0.6 is 0 Å². The summed E-state index contributed by atoms with van der Waals surface area (Å²) in [5.74, 6) is -0.112. The molecule has 1 heterocycles. The number of sulfonamides is 1. The molecule has 34 heavy (non-hydrogen) atoms. The molecule has 0 unspecified atom stereocenters. The fourth-order valence-corrected chi connectivity index (χ4v) is 5.10. The van der Waals surface area contributed by atoms with Crippen molar-refractivity contribution in [1.82, 2.24) is 10.2 Å². The van der Waals surface area contributed by atoms with E-state index in [-0.39, 0.29) is 22.6 Å². The maximum atomic E-state index is 13.1. The van der Waals surface area contributed by atoms with Gasteiger partial charge in [0.15, 0.2) is 0 Å². The van der Waals surface area contributed by atoms with E-state index in [4.69, 9.17) is 0 Å². The zero-order valence-corrected chi connectivity index (χ0v) is 21.0. The van der Waals surface area contributed by atoms with Gasteiger partial charge < -0.3 is 10.2 Å². The van der Waals surface area contributed by atoms with Gasteiger partial charge in [-0.1, -0.05) is 45.4 Å². The predicted molar refractivity (Wildman–Crippen MR) is 134 cm³/mol. The summed E-state index contributed by atoms with van der Waals surface area (Å²) in [5.41, 5.74) is 1.78. The number of nitrogens with zero attached hydrogens (tertiary/aromatic N) is 1. The van der Waals surface area contributed by atoms with E-state index in [0.717, 1.165) is 31.2 Å². The molecule has 1 atom stereocenters. The first kappa shape index (κ1) is 25.7. The molecular weight excluding hydrogens is 450 g/mol. The summed E-state index contributed by atoms with van der Waals surface area (Å²) in [6.45, 7) is 7.78. The number of piperidine rings is 1. The number of benzene rings is 2. The lowest BCUT2D eigenvalue weighted by atomic mass is 9.96. The van der Waals surface area contributed by atoms with Crippen molar-refractivity contribution in [1.29, 1.82) is 0 Å². The van der Waals surface area contributed by atoms with E-state index < -0.39 is 10.0 Å². The average molecular weight is 486 g/mol. The minimum absolute atomic E-state index is 0.00375. The highest BCUT2D eigenvalue weighted by Gasteiger charge is 2.29. The van der Waals surface area contributed by atoms with Crippen LogP contribution in [0.5, 0.6) is 0 Å². The van der Waals surface area contributed by atoms with Gasteiger partial charge in [-0.2, -0.15) is 0 Å². The normalized spacial score (nSPS) is 16.4. The molecule has 0 aromatic heterocycles. The van der Waals surface area contributed by atoms with Crippen molar-refractivity contribution in [3.8, 4) is 0 Å². The van der Waals surface area contributed by atoms with Crippen molar-refractivity contribution in [2.75, 3.05) is 24.4 Å². The van der Waals surface area contributed by atoms with Gasteiger partial charge in [-0.05, 0) is 61.1 Å². The molecule has 0 aliphatic carbocycles. The van der Waals surface area contributed by atoms with Crippen molar-refractivity contribution in [2.45, 2.75) is 57.3 Å². The third kappa shape index (κ3) is 6.59. The summed E-state index contributed by atoms with van der Waals surface area (Å²) in [6, 6.07) is 13.3. The molecular formula is C26H35N3O4S. The van der Waals surface area contributed by atoms with Crippen LogP contribution in [0.2, 0.25) is 0 Å². The van der Waals surface area contributed by atoms with E-state index in [1.54, 1.807) is 41.3 Å². The molecule has 0 bridgehead atoms. The average Bonchev–Trinajstić information content (AvgIpc) is 2.83. The lowest BCUT2D eigenvalue weighted by Crippen LogP contribution is -2.45. The maximum Gasteiger partial charge on any atom is 0.261 e. The molecule has 7 nitrogen and oxygen atoms in total. The molecule has 0 radical (unpaired) electrons. The molecule has 1 saturated heterocycles. The van der Waals surface area contributed by atoms with Gasteiger partial charge in [-0.15, -0.1) is 0 Å². The fraction of sp³-hybridized carbons (Fsp3) is 0.462. The van der Waals surface area contributed by atoms with Gasteiger partial charge in [-0.25, -0.2) is 8.42 Å². The summed E-state index contributed by atoms with van der Waals surface area (Å²) < 4.78 is 28.3. The van der Waals surface area contributed by atoms with Crippen molar-refractivity contribution < 1.29 is 18.0 Å². The Balaban J connectivity index is 1.68. The zero-order chi connectivity index (χ0) is 24.7. The molecule has 184 valence electrons. The molecule has 1 aliphatic heterocycles. The zero-order valence-electron chi connectivity index (χ0n) is 20.2. The van der Waals surface area contributed by atoms with Crippen LogP contribution in [0, 0.1) is 5.92 Å². The molecule has 2 N–H and O–H groups in total. The Labute approximate surface area is 203 Å². The molecule has 0 saturated carbocycles. The predicted octanol–water partition coefficient (Wildman–Crippen LogP) is 4.38. The van der Waals surface area contributed by atoms with Crippen LogP contribution < -0.4 is 10.0 Å². The Morgan fingerprint density at radius 2 is 1.85 bits per heavy atom. The van der Waals surface area contributed by atoms with Crippen molar-refractivity contribution in [2.24, 2.45) is 5.92 Å². The minimum Gasteiger partial charge on any atom is -0.356 e. The molecule has 3 rings (SSSR count). The number of nitrogens with one attached hydrogen (secondary N) is 2. The number of carbonyl (C=O) groups is 2. The number of anilines is 1. The van der Waals surface area contributed by atoms with Crippen LogP contribution in [0.1, 0.15) is 68.3 Å². The lowest BCUT2D eigenvalue weighted by Gasteiger charge is -2.32. The Kier molecular flexibility index (Phi) is 8.72. The molecule has 2 aromatic rings. The number of carbonyl (C=O) groups excluding carboxylic acids is 2. The van der Waals surface area contributed by atoms with Crippen LogP contribution in [0.15, 0.2) is 53.4 Å². The summed E-state index contributed by atoms with van der Waals surface area (Å²) in [5, 5.41) is 2.96. The van der Waals surface area contributed by atoms with Crippen LogP contribution in [0.4, 0.5) is 5.69 Å². The molecule has 1 aliphatic rings. The van der Waals surface area contributed by atoms with Gasteiger partial charge in [0.1, 0.15) is 0 Å². The molecule has 1 fully saturated rings. The Morgan fingerprint density at radius 3 is 2.53 bits per heavy atom. The topological polar surface area (TPSA) is 95.6 Å². The van der Waals surface area contributed by atoms with Crippen LogP contribution in [0.25, 0.3) is 0 Å². The molecule has 2 amide bonds. The summed E-state index contributed by atoms with van der Waals surface area (Å²) in [4.78, 5) is 27.4. The third-order valence-electron chi connectivity index (χ3n) is 6.13. The van der Waals surface area contributed by atoms with Gasteiger partial charge in [0.25, 0.3) is 15.9 Å². The van der Waals surface area contributed by atoms with Crippen molar-refractivity contribution in [3.05, 3.63) is 59.7 Å². The second-order valence-electron chi connectivity index (χ2n) is 9.14. The van der Waals surface area contributed by atoms with Crippen LogP contribution in [0.3, 0.4) is 0 Å². The van der Waals surface area contributed by atoms with Crippen molar-refractivity contribution >= 4 is 27.5 Å². The maximum absolute atomic E-state index is 13.1. The van der Waals surface area contributed by atoms with Crippen LogP contribution in [-0.2, 0) is 14.8 Å². The summed E-state index contributed by atoms with van der Waals surface area (Å²) in [7, 11) is -3.78. The van der Waals surface area contributed by atoms with Gasteiger partial charge in [0.05, 0.1) is 10.8 Å². The van der Waals surface area contributed by atoms with Gasteiger partial charge in [0, 0.05) is 30.9 Å². The first-order chi connectivity index (χ1) is 16.2. The molecule has 0 spiro atoms. The Bertz CT molecular complexity index is 1100. The highest BCUT2D eigenvalue weighted by Crippen LogP contribution is 2.23. The van der Waals surface area contributed by atoms with Crippen molar-refractivity contribution in [3.63, 3.8) is 0 Å². The largest absolute Gasteiger partial charge is 0.356 e. The van der Waals surface area contributed by atoms with E-state index in [1.165, 1.54) is 0 Å². The quantitative estimate of drug-likeness (QED) is 0.515. The number of hydrogen-bond acceptors (Lipinski definition) is 4. The number of amides is 2. The standard InChI is InChI=1S/C26H35N3O4S/c1-4-5-15-27-25(30)22-9-7-16-29(18-22)26(31)21-8-6-10-23(17-21)28-34(32,33)24-13-11-20(12-14-24)19(2)3/h6,8,10-14,17,19,22,28H,4-5,7,9,15-16,18H2,1-3H3,(H,27,30)/t22-/m0/s1. The first-order valence-corrected chi connectivity index (χ1v) is 13.5. The number of hydrogen-bond donors (Lipinski definition) is 2. The second kappa shape index (κ2) is 11.5. The Hall–Kier alpha value is -2.87. The number of likely N-dealkylation sites (tertiary alicyclic amines) is 1. The van der Waals surface area contributed by atoms with Crippen LogP contribution in [-0.4, -0.2) is 44.8 Å². The summed E-state index contributed by atoms with van der Waals surface area (Å²) in [6.07, 6.45) is 3.47. The van der Waals surface area contributed by atoms with E-state index >= 15 is 0 Å². The monoisotopic (exact) mass is 485 g/mol. The second-order valence-corrected chi connectivity index (χ2v) is 10.8. The highest BCUT2D eigenvalue weighted by molar-refractivity contribution is 7.92. The van der Waals surface area contributed by atoms with E-state index in [1.807, 2.05) is 26.0 Å². The van der Waals surface area contributed by atoms with E-state index in [9.17, 15) is 18.0 Å². The minimum atomic E-state index is -3.78. The SMILES string of the molecule is CCCCNC(=O)[C@H]1CCCN(C(=O)c2cccc(NS(=O)(=O)c3ccc(C(C)C)cc3)c2)C1. The van der Waals surface area contributed by atoms with E-state index in [0.29, 0.717) is 36.8 Å². The first-order valence-electron chi connectivity index (χ1n) is 12.0. The number of rotatable bonds is 9. The van der Waals surface area contributed by atoms with Gasteiger partial charge in [-0.3, -0.25) is 14.3 Å². The Morgan fingerprint density at radius 1 is 1.12 bits per heavy atom. The van der Waals surface area contributed by atoms with Gasteiger partial charge >= 0.3 is 0 Å². The highest BCUT2D eigenvalue weighted by atomic mass is 32.2. The smallest absolute Gasteiger partial charge is 0.261 e. The lowest BCUT2D eigenvalue weighted by molar-refractivity contribution is -0.126.